The van der Waals surface area contributed by atoms with E-state index in [0.717, 1.165) is 5.56 Å². The highest BCUT2D eigenvalue weighted by molar-refractivity contribution is 5.91. The van der Waals surface area contributed by atoms with Crippen molar-refractivity contribution in [2.45, 2.75) is 33.6 Å². The number of benzene rings is 2. The Kier molecular flexibility index (Phi) is 5.73. The number of likely N-dealkylation sites (N-methyl/N-ethyl adjacent to an activating group) is 1. The van der Waals surface area contributed by atoms with Crippen LogP contribution in [0.3, 0.4) is 0 Å². The predicted octanol–water partition coefficient (Wildman–Crippen LogP) is 4.11. The quantitative estimate of drug-likeness (QED) is 0.649. The third kappa shape index (κ3) is 3.54. The molecule has 0 atom stereocenters. The predicted molar refractivity (Wildman–Crippen MR) is 123 cm³/mol. The summed E-state index contributed by atoms with van der Waals surface area (Å²) in [7, 11) is 0. The molecular weight excluding hydrogens is 414 g/mol. The van der Waals surface area contributed by atoms with Crippen molar-refractivity contribution >= 4 is 22.3 Å². The first-order chi connectivity index (χ1) is 15.3. The van der Waals surface area contributed by atoms with Crippen LogP contribution >= 0.6 is 0 Å². The molecular formula is C24H26F2N4O2. The lowest BCUT2D eigenvalue weighted by atomic mass is 9.97. The number of halogens is 2. The molecule has 0 unspecified atom stereocenters. The molecule has 1 aliphatic rings. The number of aliphatic hydroxyl groups excluding tert-OH is 1. The molecule has 0 spiro atoms. The first-order valence-electron chi connectivity index (χ1n) is 10.6. The zero-order valence-electron chi connectivity index (χ0n) is 18.6. The molecule has 2 aromatic carbocycles. The highest BCUT2D eigenvalue weighted by Crippen LogP contribution is 2.32. The van der Waals surface area contributed by atoms with Crippen LogP contribution < -0.4 is 10.6 Å². The van der Waals surface area contributed by atoms with Crippen molar-refractivity contribution in [3.63, 3.8) is 0 Å². The standard InChI is InChI=1S/C24H26F2N4O2/c1-5-28-13-30(27-23(28)12-31)22-10-16-17(9-20(22)26)24(32)29(11-18(16)14(2)3)21-8-6-7-19(25)15(21)4/h6-11,14,31H,5,12-13H2,1-4H3. The van der Waals surface area contributed by atoms with Gasteiger partial charge in [-0.1, -0.05) is 19.9 Å². The molecule has 3 aromatic rings. The lowest BCUT2D eigenvalue weighted by Gasteiger charge is -2.21. The molecule has 0 saturated carbocycles. The summed E-state index contributed by atoms with van der Waals surface area (Å²) < 4.78 is 30.8. The summed E-state index contributed by atoms with van der Waals surface area (Å²) in [6, 6.07) is 7.44. The van der Waals surface area contributed by atoms with Gasteiger partial charge in [-0.3, -0.25) is 9.36 Å². The van der Waals surface area contributed by atoms with Gasteiger partial charge >= 0.3 is 0 Å². The van der Waals surface area contributed by atoms with Crippen LogP contribution in [0.4, 0.5) is 14.5 Å². The van der Waals surface area contributed by atoms with Crippen molar-refractivity contribution in [1.82, 2.24) is 9.47 Å². The van der Waals surface area contributed by atoms with Crippen LogP contribution in [0.1, 0.15) is 37.8 Å². The van der Waals surface area contributed by atoms with E-state index in [2.05, 4.69) is 5.10 Å². The number of hydrazone groups is 1. The number of amidine groups is 1. The van der Waals surface area contributed by atoms with E-state index in [1.54, 1.807) is 31.3 Å². The number of rotatable bonds is 5. The molecule has 0 fully saturated rings. The van der Waals surface area contributed by atoms with Crippen molar-refractivity contribution in [1.29, 1.82) is 0 Å². The van der Waals surface area contributed by atoms with Gasteiger partial charge in [-0.25, -0.2) is 13.8 Å². The first-order valence-corrected chi connectivity index (χ1v) is 10.6. The minimum atomic E-state index is -0.586. The van der Waals surface area contributed by atoms with E-state index in [9.17, 15) is 14.3 Å². The maximum Gasteiger partial charge on any atom is 0.263 e. The molecule has 168 valence electrons. The second kappa shape index (κ2) is 8.35. The maximum atomic E-state index is 15.2. The second-order valence-corrected chi connectivity index (χ2v) is 8.22. The van der Waals surface area contributed by atoms with Gasteiger partial charge in [-0.2, -0.15) is 5.10 Å². The van der Waals surface area contributed by atoms with E-state index in [0.29, 0.717) is 35.7 Å². The second-order valence-electron chi connectivity index (χ2n) is 8.22. The summed E-state index contributed by atoms with van der Waals surface area (Å²) in [5, 5.41) is 16.2. The van der Waals surface area contributed by atoms with Gasteiger partial charge in [0.25, 0.3) is 5.56 Å². The highest BCUT2D eigenvalue weighted by Gasteiger charge is 2.25. The van der Waals surface area contributed by atoms with Crippen molar-refractivity contribution in [2.75, 3.05) is 24.8 Å². The zero-order valence-corrected chi connectivity index (χ0v) is 18.6. The number of fused-ring (bicyclic) bond motifs is 1. The lowest BCUT2D eigenvalue weighted by molar-refractivity contribution is 0.332. The summed E-state index contributed by atoms with van der Waals surface area (Å²) in [6.45, 7) is 8.21. The minimum absolute atomic E-state index is 0.0266. The fraction of sp³-hybridized carbons (Fsp3) is 0.333. The SMILES string of the molecule is CCN1CN(c2cc3c(C(C)C)cn(-c4cccc(F)c4C)c(=O)c3cc2F)N=C1CO. The topological polar surface area (TPSA) is 61.1 Å². The molecule has 0 saturated heterocycles. The smallest absolute Gasteiger partial charge is 0.263 e. The average Bonchev–Trinajstić information content (AvgIpc) is 3.19. The molecule has 2 heterocycles. The molecule has 8 heteroatoms. The highest BCUT2D eigenvalue weighted by atomic mass is 19.1. The van der Waals surface area contributed by atoms with Crippen molar-refractivity contribution in [3.8, 4) is 5.69 Å². The summed E-state index contributed by atoms with van der Waals surface area (Å²) in [6.07, 6.45) is 1.71. The fourth-order valence-corrected chi connectivity index (χ4v) is 4.09. The van der Waals surface area contributed by atoms with Gasteiger partial charge in [0.15, 0.2) is 5.84 Å². The van der Waals surface area contributed by atoms with Crippen LogP contribution in [-0.2, 0) is 0 Å². The Morgan fingerprint density at radius 1 is 1.12 bits per heavy atom. The van der Waals surface area contributed by atoms with E-state index in [-0.39, 0.29) is 23.6 Å². The summed E-state index contributed by atoms with van der Waals surface area (Å²) >= 11 is 0. The van der Waals surface area contributed by atoms with Crippen LogP contribution in [0, 0.1) is 18.6 Å². The monoisotopic (exact) mass is 440 g/mol. The molecule has 0 aliphatic carbocycles. The van der Waals surface area contributed by atoms with Gasteiger partial charge in [0.1, 0.15) is 24.9 Å². The third-order valence-corrected chi connectivity index (χ3v) is 5.94. The molecule has 6 nitrogen and oxygen atoms in total. The fourth-order valence-electron chi connectivity index (χ4n) is 4.09. The number of nitrogens with zero attached hydrogens (tertiary/aromatic N) is 4. The summed E-state index contributed by atoms with van der Waals surface area (Å²) in [4.78, 5) is 15.2. The third-order valence-electron chi connectivity index (χ3n) is 5.94. The molecule has 32 heavy (non-hydrogen) atoms. The van der Waals surface area contributed by atoms with Gasteiger partial charge in [0, 0.05) is 18.3 Å². The number of anilines is 1. The van der Waals surface area contributed by atoms with Gasteiger partial charge < -0.3 is 10.0 Å². The van der Waals surface area contributed by atoms with E-state index in [1.807, 2.05) is 25.7 Å². The van der Waals surface area contributed by atoms with Gasteiger partial charge in [0.2, 0.25) is 0 Å². The number of aliphatic hydroxyl groups is 1. The average molecular weight is 440 g/mol. The number of hydrogen-bond donors (Lipinski definition) is 1. The van der Waals surface area contributed by atoms with Crippen LogP contribution in [0.15, 0.2) is 46.4 Å². The molecule has 0 amide bonds. The van der Waals surface area contributed by atoms with Gasteiger partial charge in [-0.15, -0.1) is 0 Å². The van der Waals surface area contributed by atoms with E-state index >= 15 is 4.39 Å². The molecule has 0 radical (unpaired) electrons. The Morgan fingerprint density at radius 3 is 2.50 bits per heavy atom. The molecule has 4 rings (SSSR count). The van der Waals surface area contributed by atoms with Crippen LogP contribution in [0.2, 0.25) is 0 Å². The zero-order chi connectivity index (χ0) is 23.2. The molecule has 1 N–H and O–H groups in total. The normalized spacial score (nSPS) is 14.1. The van der Waals surface area contributed by atoms with Crippen LogP contribution in [-0.4, -0.2) is 40.2 Å². The van der Waals surface area contributed by atoms with Gasteiger partial charge in [0.05, 0.1) is 16.8 Å². The van der Waals surface area contributed by atoms with Crippen molar-refractivity contribution in [2.24, 2.45) is 5.10 Å². The van der Waals surface area contributed by atoms with Crippen molar-refractivity contribution in [3.05, 3.63) is 69.6 Å². The molecule has 1 aliphatic heterocycles. The Labute approximate surface area is 185 Å². The van der Waals surface area contributed by atoms with Crippen LogP contribution in [0.5, 0.6) is 0 Å². The number of aromatic nitrogens is 1. The van der Waals surface area contributed by atoms with Crippen LogP contribution in [0.25, 0.3) is 16.5 Å². The Morgan fingerprint density at radius 2 is 1.88 bits per heavy atom. The Bertz CT molecular complexity index is 1280. The van der Waals surface area contributed by atoms with Gasteiger partial charge in [-0.05, 0) is 55.0 Å². The van der Waals surface area contributed by atoms with E-state index < -0.39 is 17.2 Å². The summed E-state index contributed by atoms with van der Waals surface area (Å²) in [5.74, 6) is -0.502. The maximum absolute atomic E-state index is 15.2. The molecule has 0 bridgehead atoms. The Hall–Kier alpha value is -3.26. The largest absolute Gasteiger partial charge is 0.388 e. The van der Waals surface area contributed by atoms with E-state index in [1.165, 1.54) is 21.7 Å². The number of hydrogen-bond acceptors (Lipinski definition) is 5. The molecule has 1 aromatic heterocycles. The lowest BCUT2D eigenvalue weighted by Crippen LogP contribution is -2.32. The number of pyridine rings is 1. The first kappa shape index (κ1) is 22.0. The minimum Gasteiger partial charge on any atom is -0.388 e. The van der Waals surface area contributed by atoms with Crippen molar-refractivity contribution < 1.29 is 13.9 Å². The summed E-state index contributed by atoms with van der Waals surface area (Å²) in [5.41, 5.74) is 1.43. The Balaban J connectivity index is 1.95. The van der Waals surface area contributed by atoms with E-state index in [4.69, 9.17) is 0 Å².